The van der Waals surface area contributed by atoms with Gasteiger partial charge in [-0.3, -0.25) is 14.6 Å². The molecule has 33 heavy (non-hydrogen) atoms. The van der Waals surface area contributed by atoms with E-state index in [9.17, 15) is 9.59 Å². The Morgan fingerprint density at radius 1 is 1.15 bits per heavy atom. The third-order valence-electron chi connectivity index (χ3n) is 5.57. The maximum absolute atomic E-state index is 12.4. The van der Waals surface area contributed by atoms with Gasteiger partial charge in [-0.1, -0.05) is 31.0 Å². The van der Waals surface area contributed by atoms with E-state index < -0.39 is 0 Å². The second-order valence-electron chi connectivity index (χ2n) is 7.88. The van der Waals surface area contributed by atoms with Crippen molar-refractivity contribution in [2.45, 2.75) is 38.0 Å². The number of imidazole rings is 1. The van der Waals surface area contributed by atoms with Gasteiger partial charge < -0.3 is 15.6 Å². The lowest BCUT2D eigenvalue weighted by molar-refractivity contribution is -0.120. The number of thiophene rings is 1. The highest BCUT2D eigenvalue weighted by atomic mass is 32.1. The van der Waals surface area contributed by atoms with Gasteiger partial charge in [0.1, 0.15) is 10.7 Å². The molecule has 0 aliphatic rings. The first kappa shape index (κ1) is 23.1. The number of aromatic nitrogens is 3. The summed E-state index contributed by atoms with van der Waals surface area (Å²) in [6.07, 6.45) is 7.64. The van der Waals surface area contributed by atoms with Crippen molar-refractivity contribution in [3.63, 3.8) is 0 Å². The molecular weight excluding hydrogens is 454 g/mol. The first-order valence-corrected chi connectivity index (χ1v) is 12.7. The molecule has 1 atom stereocenters. The molecule has 4 aromatic rings. The van der Waals surface area contributed by atoms with Gasteiger partial charge in [0.05, 0.1) is 28.5 Å². The van der Waals surface area contributed by atoms with Crippen LogP contribution in [0.25, 0.3) is 20.7 Å². The van der Waals surface area contributed by atoms with Crippen LogP contribution in [0.15, 0.2) is 48.2 Å². The number of H-pyrrole nitrogens is 1. The fraction of sp³-hybridized carbons (Fsp3) is 0.333. The van der Waals surface area contributed by atoms with Gasteiger partial charge in [-0.25, -0.2) is 4.98 Å². The van der Waals surface area contributed by atoms with Crippen molar-refractivity contribution in [1.29, 1.82) is 0 Å². The topological polar surface area (TPSA) is 99.8 Å². The highest BCUT2D eigenvalue weighted by molar-refractivity contribution is 7.22. The summed E-state index contributed by atoms with van der Waals surface area (Å²) in [5.74, 6) is 0.893. The monoisotopic (exact) mass is 481 g/mol. The minimum absolute atomic E-state index is 0.0602. The van der Waals surface area contributed by atoms with Gasteiger partial charge in [-0.2, -0.15) is 0 Å². The molecule has 1 unspecified atom stereocenters. The zero-order chi connectivity index (χ0) is 23.0. The minimum Gasteiger partial charge on any atom is -0.359 e. The van der Waals surface area contributed by atoms with Gasteiger partial charge in [-0.15, -0.1) is 22.7 Å². The Labute approximate surface area is 200 Å². The van der Waals surface area contributed by atoms with E-state index in [0.29, 0.717) is 17.8 Å². The fourth-order valence-electron chi connectivity index (χ4n) is 3.73. The van der Waals surface area contributed by atoms with Crippen molar-refractivity contribution in [3.8, 4) is 10.6 Å². The average molecular weight is 482 g/mol. The number of aromatic amines is 1. The fourth-order valence-corrected chi connectivity index (χ4v) is 5.29. The molecule has 0 fully saturated rings. The van der Waals surface area contributed by atoms with Crippen LogP contribution in [-0.4, -0.2) is 40.4 Å². The number of nitrogens with one attached hydrogen (secondary N) is 3. The van der Waals surface area contributed by atoms with Crippen LogP contribution in [0.5, 0.6) is 0 Å². The number of benzene rings is 1. The molecule has 0 radical (unpaired) electrons. The minimum atomic E-state index is -0.113. The van der Waals surface area contributed by atoms with E-state index in [1.807, 2.05) is 18.3 Å². The molecular formula is C24H27N5O2S2. The zero-order valence-electron chi connectivity index (χ0n) is 18.5. The van der Waals surface area contributed by atoms with Gasteiger partial charge in [0.2, 0.25) is 5.91 Å². The van der Waals surface area contributed by atoms with Gasteiger partial charge in [0.25, 0.3) is 5.91 Å². The predicted molar refractivity (Wildman–Crippen MR) is 134 cm³/mol. The smallest absolute Gasteiger partial charge is 0.263 e. The molecule has 3 N–H and O–H groups in total. The maximum atomic E-state index is 12.4. The van der Waals surface area contributed by atoms with Crippen LogP contribution >= 0.6 is 22.7 Å². The quantitative estimate of drug-likeness (QED) is 0.264. The Bertz CT molecular complexity index is 1170. The van der Waals surface area contributed by atoms with Crippen molar-refractivity contribution >= 4 is 44.6 Å². The average Bonchev–Trinajstić information content (AvgIpc) is 3.60. The molecule has 0 bridgehead atoms. The van der Waals surface area contributed by atoms with E-state index in [4.69, 9.17) is 0 Å². The second kappa shape index (κ2) is 11.2. The summed E-state index contributed by atoms with van der Waals surface area (Å²) in [4.78, 5) is 37.8. The number of fused-ring (bicyclic) bond motifs is 1. The number of carbonyl (C=O) groups excluding carboxylic acids is 2. The molecule has 3 heterocycles. The van der Waals surface area contributed by atoms with Crippen LogP contribution in [0.2, 0.25) is 0 Å². The maximum Gasteiger partial charge on any atom is 0.263 e. The van der Waals surface area contributed by atoms with Crippen molar-refractivity contribution in [1.82, 2.24) is 25.6 Å². The van der Waals surface area contributed by atoms with E-state index in [1.54, 1.807) is 30.1 Å². The number of amides is 2. The number of rotatable bonds is 11. The first-order valence-electron chi connectivity index (χ1n) is 11.0. The lowest BCUT2D eigenvalue weighted by atomic mass is 9.99. The van der Waals surface area contributed by atoms with Crippen LogP contribution < -0.4 is 10.6 Å². The number of hydrogen-bond donors (Lipinski definition) is 3. The zero-order valence-corrected chi connectivity index (χ0v) is 20.1. The summed E-state index contributed by atoms with van der Waals surface area (Å²) >= 11 is 3.06. The number of unbranched alkanes of at least 4 members (excludes halogenated alkanes) is 2. The van der Waals surface area contributed by atoms with E-state index in [2.05, 4.69) is 43.8 Å². The van der Waals surface area contributed by atoms with Crippen molar-refractivity contribution < 1.29 is 9.59 Å². The third-order valence-corrected chi connectivity index (χ3v) is 7.49. The van der Waals surface area contributed by atoms with Crippen molar-refractivity contribution in [2.75, 3.05) is 13.6 Å². The highest BCUT2D eigenvalue weighted by Crippen LogP contribution is 2.33. The molecule has 4 rings (SSSR count). The summed E-state index contributed by atoms with van der Waals surface area (Å²) < 4.78 is 1.24. The summed E-state index contributed by atoms with van der Waals surface area (Å²) in [5, 5.41) is 6.91. The highest BCUT2D eigenvalue weighted by Gasteiger charge is 2.18. The molecule has 0 spiro atoms. The Balaban J connectivity index is 1.43. The molecule has 0 saturated carbocycles. The molecule has 172 valence electrons. The van der Waals surface area contributed by atoms with Crippen molar-refractivity contribution in [3.05, 3.63) is 58.9 Å². The normalized spacial score (nSPS) is 12.0. The van der Waals surface area contributed by atoms with Gasteiger partial charge in [0.15, 0.2) is 0 Å². The van der Waals surface area contributed by atoms with Crippen molar-refractivity contribution in [2.24, 2.45) is 0 Å². The Morgan fingerprint density at radius 2 is 2.03 bits per heavy atom. The Hall–Kier alpha value is -3.04. The Morgan fingerprint density at radius 3 is 2.82 bits per heavy atom. The molecule has 0 saturated heterocycles. The van der Waals surface area contributed by atoms with Crippen LogP contribution in [0.1, 0.15) is 53.5 Å². The molecule has 2 amide bonds. The number of hydrogen-bond acceptors (Lipinski definition) is 6. The molecule has 0 aliphatic carbocycles. The number of nitrogens with zero attached hydrogens (tertiary/aromatic N) is 2. The molecule has 7 nitrogen and oxygen atoms in total. The summed E-state index contributed by atoms with van der Waals surface area (Å²) in [6, 6.07) is 10.5. The molecule has 1 aromatic carbocycles. The van der Waals surface area contributed by atoms with Crippen LogP contribution in [0.3, 0.4) is 0 Å². The number of thiazole rings is 1. The summed E-state index contributed by atoms with van der Waals surface area (Å²) in [7, 11) is 1.66. The van der Waals surface area contributed by atoms with Gasteiger partial charge in [0, 0.05) is 30.6 Å². The summed E-state index contributed by atoms with van der Waals surface area (Å²) in [6.45, 7) is 0.492. The molecule has 9 heteroatoms. The van der Waals surface area contributed by atoms with E-state index in [0.717, 1.165) is 42.1 Å². The van der Waals surface area contributed by atoms with Crippen LogP contribution in [0, 0.1) is 0 Å². The Kier molecular flexibility index (Phi) is 7.85. The largest absolute Gasteiger partial charge is 0.359 e. The SMILES string of the molecule is CNC(=O)CCCCCC(CNC(=O)c1cncs1)c1ncc(-c2cc3ccccc3s2)[nH]1. The van der Waals surface area contributed by atoms with Crippen LogP contribution in [0.4, 0.5) is 0 Å². The second-order valence-corrected chi connectivity index (χ2v) is 9.85. The van der Waals surface area contributed by atoms with E-state index in [1.165, 1.54) is 21.4 Å². The lowest BCUT2D eigenvalue weighted by Crippen LogP contribution is -2.28. The standard InChI is InChI=1S/C24H27N5O2S2/c1-25-22(30)10-4-2-3-8-17(12-28-24(31)21-14-26-15-32-21)23-27-13-18(29-23)20-11-16-7-5-6-9-19(16)33-20/h5-7,9,11,13-15,17H,2-4,8,10,12H2,1H3,(H,25,30)(H,27,29)(H,28,31). The van der Waals surface area contributed by atoms with E-state index in [-0.39, 0.29) is 17.7 Å². The third kappa shape index (κ3) is 6.06. The van der Waals surface area contributed by atoms with E-state index >= 15 is 0 Å². The first-order chi connectivity index (χ1) is 16.1. The number of carbonyl (C=O) groups is 2. The van der Waals surface area contributed by atoms with Crippen LogP contribution in [-0.2, 0) is 4.79 Å². The van der Waals surface area contributed by atoms with Gasteiger partial charge >= 0.3 is 0 Å². The molecule has 0 aliphatic heterocycles. The van der Waals surface area contributed by atoms with Gasteiger partial charge in [-0.05, 0) is 30.4 Å². The lowest BCUT2D eigenvalue weighted by Gasteiger charge is -2.15. The molecule has 3 aromatic heterocycles. The predicted octanol–water partition coefficient (Wildman–Crippen LogP) is 4.96. The summed E-state index contributed by atoms with van der Waals surface area (Å²) in [5.41, 5.74) is 2.65.